The minimum atomic E-state index is -0.456. The first-order valence-corrected chi connectivity index (χ1v) is 8.75. The van der Waals surface area contributed by atoms with Gasteiger partial charge in [-0.3, -0.25) is 23.9 Å². The van der Waals surface area contributed by atoms with Crippen molar-refractivity contribution in [3.63, 3.8) is 0 Å². The number of carbonyl (C=O) groups is 2. The lowest BCUT2D eigenvalue weighted by atomic mass is 9.82. The first-order valence-electron chi connectivity index (χ1n) is 8.75. The third-order valence-electron chi connectivity index (χ3n) is 4.95. The van der Waals surface area contributed by atoms with Crippen molar-refractivity contribution in [2.75, 3.05) is 7.11 Å². The molecule has 142 valence electrons. The number of nitrogens with zero attached hydrogens (tertiary/aromatic N) is 2. The summed E-state index contributed by atoms with van der Waals surface area (Å²) in [5.41, 5.74) is 6.32. The molecule has 3 rings (SSSR count). The molecule has 1 aromatic heterocycles. The van der Waals surface area contributed by atoms with Crippen molar-refractivity contribution in [2.45, 2.75) is 31.4 Å². The lowest BCUT2D eigenvalue weighted by Gasteiger charge is -2.34. The van der Waals surface area contributed by atoms with Crippen LogP contribution in [0.15, 0.2) is 47.7 Å². The van der Waals surface area contributed by atoms with Crippen LogP contribution in [-0.4, -0.2) is 40.6 Å². The minimum Gasteiger partial charge on any atom is -0.381 e. The maximum Gasteiger partial charge on any atom is 0.273 e. The van der Waals surface area contributed by atoms with E-state index in [4.69, 9.17) is 10.5 Å². The molecular formula is C19H22N4O4. The van der Waals surface area contributed by atoms with Gasteiger partial charge in [0.2, 0.25) is 5.91 Å². The van der Waals surface area contributed by atoms with Gasteiger partial charge in [0.15, 0.2) is 0 Å². The van der Waals surface area contributed by atoms with Crippen LogP contribution in [0.2, 0.25) is 0 Å². The topological polar surface area (TPSA) is 116 Å². The number of nitrogens with two attached hydrogens (primary N) is 1. The quantitative estimate of drug-likeness (QED) is 0.801. The van der Waals surface area contributed by atoms with E-state index >= 15 is 0 Å². The molecule has 1 fully saturated rings. The smallest absolute Gasteiger partial charge is 0.273 e. The van der Waals surface area contributed by atoms with Gasteiger partial charge in [-0.1, -0.05) is 0 Å². The second kappa shape index (κ2) is 8.13. The number of methoxy groups -OCH3 is 1. The van der Waals surface area contributed by atoms with E-state index in [0.717, 1.165) is 6.42 Å². The Hall–Kier alpha value is -3.00. The fourth-order valence-corrected chi connectivity index (χ4v) is 3.42. The van der Waals surface area contributed by atoms with E-state index < -0.39 is 11.8 Å². The molecule has 0 spiro atoms. The van der Waals surface area contributed by atoms with Crippen molar-refractivity contribution in [1.29, 1.82) is 0 Å². The number of ether oxygens (including phenoxy) is 1. The Balaban J connectivity index is 1.72. The second-order valence-electron chi connectivity index (χ2n) is 6.59. The molecule has 1 heterocycles. The largest absolute Gasteiger partial charge is 0.381 e. The summed E-state index contributed by atoms with van der Waals surface area (Å²) in [7, 11) is 1.61. The number of primary amides is 1. The van der Waals surface area contributed by atoms with Crippen LogP contribution in [0, 0.1) is 5.92 Å². The van der Waals surface area contributed by atoms with Crippen molar-refractivity contribution in [3.8, 4) is 5.69 Å². The molecule has 1 aromatic carbocycles. The molecule has 0 radical (unpaired) electrons. The third kappa shape index (κ3) is 4.22. The fourth-order valence-electron chi connectivity index (χ4n) is 3.42. The van der Waals surface area contributed by atoms with Gasteiger partial charge >= 0.3 is 0 Å². The van der Waals surface area contributed by atoms with Crippen LogP contribution >= 0.6 is 0 Å². The van der Waals surface area contributed by atoms with Crippen molar-refractivity contribution in [1.82, 2.24) is 14.9 Å². The summed E-state index contributed by atoms with van der Waals surface area (Å²) in [6.45, 7) is 0. The van der Waals surface area contributed by atoms with Crippen LogP contribution in [-0.2, 0) is 9.53 Å². The Bertz CT molecular complexity index is 878. The zero-order chi connectivity index (χ0) is 19.4. The van der Waals surface area contributed by atoms with Crippen LogP contribution in [0.3, 0.4) is 0 Å². The van der Waals surface area contributed by atoms with Crippen molar-refractivity contribution >= 4 is 11.8 Å². The van der Waals surface area contributed by atoms with E-state index in [1.807, 2.05) is 0 Å². The molecule has 3 N–H and O–H groups in total. The molecule has 0 aliphatic heterocycles. The Morgan fingerprint density at radius 2 is 2.00 bits per heavy atom. The third-order valence-corrected chi connectivity index (χ3v) is 4.95. The molecule has 2 aromatic rings. The molecule has 2 amide bonds. The Morgan fingerprint density at radius 1 is 1.26 bits per heavy atom. The van der Waals surface area contributed by atoms with Crippen LogP contribution in [0.1, 0.15) is 29.6 Å². The van der Waals surface area contributed by atoms with E-state index in [0.29, 0.717) is 24.1 Å². The van der Waals surface area contributed by atoms with Crippen molar-refractivity contribution in [2.24, 2.45) is 11.7 Å². The number of amides is 2. The van der Waals surface area contributed by atoms with Gasteiger partial charge in [-0.2, -0.15) is 0 Å². The summed E-state index contributed by atoms with van der Waals surface area (Å²) >= 11 is 0. The average molecular weight is 370 g/mol. The van der Waals surface area contributed by atoms with E-state index in [-0.39, 0.29) is 23.6 Å². The predicted octanol–water partition coefficient (Wildman–Crippen LogP) is 0.631. The zero-order valence-corrected chi connectivity index (χ0v) is 15.0. The second-order valence-corrected chi connectivity index (χ2v) is 6.59. The Kier molecular flexibility index (Phi) is 5.66. The maximum atomic E-state index is 12.6. The minimum absolute atomic E-state index is 0.0198. The van der Waals surface area contributed by atoms with Crippen LogP contribution in [0.25, 0.3) is 5.69 Å². The van der Waals surface area contributed by atoms with Crippen LogP contribution in [0.4, 0.5) is 0 Å². The number of nitrogens with one attached hydrogen (secondary N) is 1. The van der Waals surface area contributed by atoms with Gasteiger partial charge in [-0.25, -0.2) is 0 Å². The van der Waals surface area contributed by atoms with Gasteiger partial charge in [0.25, 0.3) is 11.5 Å². The highest BCUT2D eigenvalue weighted by Crippen LogP contribution is 2.26. The van der Waals surface area contributed by atoms with E-state index in [9.17, 15) is 14.4 Å². The number of carbonyl (C=O) groups excluding carboxylic acids is 2. The van der Waals surface area contributed by atoms with Crippen LogP contribution in [0.5, 0.6) is 0 Å². The molecule has 1 aliphatic carbocycles. The highest BCUT2D eigenvalue weighted by Gasteiger charge is 2.35. The lowest BCUT2D eigenvalue weighted by Crippen LogP contribution is -2.49. The maximum absolute atomic E-state index is 12.6. The van der Waals surface area contributed by atoms with Crippen molar-refractivity contribution < 1.29 is 14.3 Å². The Morgan fingerprint density at radius 3 is 2.63 bits per heavy atom. The standard InChI is InChI=1S/C19H22N4O4/c1-27-14-6-7-16(15(10-14)18(20)25)22-19(26)12-2-4-13(5-3-12)23-9-8-21-11-17(23)24/h2-5,8-9,11,14-16H,6-7,10H2,1H3,(H2,20,25)(H,22,26). The molecule has 3 unspecified atom stereocenters. The first kappa shape index (κ1) is 18.8. The molecule has 27 heavy (non-hydrogen) atoms. The zero-order valence-electron chi connectivity index (χ0n) is 15.0. The van der Waals surface area contributed by atoms with Gasteiger partial charge in [-0.15, -0.1) is 0 Å². The highest BCUT2D eigenvalue weighted by atomic mass is 16.5. The first-order chi connectivity index (χ1) is 13.0. The van der Waals surface area contributed by atoms with E-state index in [1.54, 1.807) is 37.6 Å². The summed E-state index contributed by atoms with van der Waals surface area (Å²) in [4.78, 5) is 39.9. The summed E-state index contributed by atoms with van der Waals surface area (Å²) in [6, 6.07) is 6.33. The SMILES string of the molecule is COC1CCC(NC(=O)c2ccc(-n3ccncc3=O)cc2)C(C(N)=O)C1. The van der Waals surface area contributed by atoms with Gasteiger partial charge in [-0.05, 0) is 43.5 Å². The van der Waals surface area contributed by atoms with Crippen LogP contribution < -0.4 is 16.6 Å². The molecule has 8 nitrogen and oxygen atoms in total. The molecule has 0 bridgehead atoms. The lowest BCUT2D eigenvalue weighted by molar-refractivity contribution is -0.125. The van der Waals surface area contributed by atoms with Gasteiger partial charge in [0.1, 0.15) is 0 Å². The Labute approximate surface area is 156 Å². The summed E-state index contributed by atoms with van der Waals surface area (Å²) in [5.74, 6) is -1.17. The van der Waals surface area contributed by atoms with Gasteiger partial charge < -0.3 is 15.8 Å². The number of benzene rings is 1. The molecule has 1 saturated carbocycles. The summed E-state index contributed by atoms with van der Waals surface area (Å²) < 4.78 is 6.76. The average Bonchev–Trinajstić information content (AvgIpc) is 2.68. The molecule has 0 saturated heterocycles. The molecule has 3 atom stereocenters. The van der Waals surface area contributed by atoms with Gasteiger partial charge in [0.05, 0.1) is 18.2 Å². The summed E-state index contributed by atoms with van der Waals surface area (Å²) in [6.07, 6.45) is 6.17. The van der Waals surface area contributed by atoms with Gasteiger partial charge in [0, 0.05) is 36.8 Å². The molecule has 1 aliphatic rings. The normalized spacial score (nSPS) is 22.2. The number of aromatic nitrogens is 2. The van der Waals surface area contributed by atoms with Crippen molar-refractivity contribution in [3.05, 3.63) is 58.8 Å². The number of rotatable bonds is 5. The highest BCUT2D eigenvalue weighted by molar-refractivity contribution is 5.95. The predicted molar refractivity (Wildman–Crippen MR) is 98.4 cm³/mol. The number of hydrogen-bond acceptors (Lipinski definition) is 5. The number of hydrogen-bond donors (Lipinski definition) is 2. The monoisotopic (exact) mass is 370 g/mol. The fraction of sp³-hybridized carbons (Fsp3) is 0.368. The molecular weight excluding hydrogens is 348 g/mol. The van der Waals surface area contributed by atoms with E-state index in [1.165, 1.54) is 17.0 Å². The summed E-state index contributed by atoms with van der Waals surface area (Å²) in [5, 5.41) is 2.91. The molecule has 8 heteroatoms. The van der Waals surface area contributed by atoms with E-state index in [2.05, 4.69) is 10.3 Å².